The van der Waals surface area contributed by atoms with Crippen LogP contribution in [-0.2, 0) is 4.79 Å². The maximum Gasteiger partial charge on any atom is 0.140 e. The summed E-state index contributed by atoms with van der Waals surface area (Å²) in [6, 6.07) is 0. The van der Waals surface area contributed by atoms with Gasteiger partial charge in [-0.3, -0.25) is 4.79 Å². The lowest BCUT2D eigenvalue weighted by Crippen LogP contribution is -2.16. The fourth-order valence-electron chi connectivity index (χ4n) is 1.18. The van der Waals surface area contributed by atoms with E-state index in [0.717, 1.165) is 18.4 Å². The van der Waals surface area contributed by atoms with Crippen LogP contribution in [0.2, 0.25) is 0 Å². The maximum atomic E-state index is 11.1. The van der Waals surface area contributed by atoms with Crippen molar-refractivity contribution in [3.63, 3.8) is 0 Å². The monoisotopic (exact) mass is 136 g/mol. The molecule has 1 nitrogen and oxygen atoms in total. The van der Waals surface area contributed by atoms with Gasteiger partial charge in [0.1, 0.15) is 5.78 Å². The zero-order valence-corrected chi connectivity index (χ0v) is 6.31. The van der Waals surface area contributed by atoms with Gasteiger partial charge >= 0.3 is 0 Å². The Bertz CT molecular complexity index is 197. The molecule has 1 aliphatic carbocycles. The zero-order valence-electron chi connectivity index (χ0n) is 6.31. The molecule has 0 aromatic carbocycles. The maximum absolute atomic E-state index is 11.1. The smallest absolute Gasteiger partial charge is 0.140 e. The van der Waals surface area contributed by atoms with Gasteiger partial charge in [0.2, 0.25) is 0 Å². The van der Waals surface area contributed by atoms with Crippen molar-refractivity contribution in [3.8, 4) is 0 Å². The SMILES string of the molecule is C=C=C1CCC(C)C(=O)C1. The van der Waals surface area contributed by atoms with E-state index in [1.165, 1.54) is 0 Å². The molecule has 0 bridgehead atoms. The lowest BCUT2D eigenvalue weighted by atomic mass is 9.86. The van der Waals surface area contributed by atoms with Crippen molar-refractivity contribution in [2.45, 2.75) is 26.2 Å². The number of carbonyl (C=O) groups is 1. The van der Waals surface area contributed by atoms with Crippen molar-refractivity contribution in [1.82, 2.24) is 0 Å². The number of hydrogen-bond donors (Lipinski definition) is 0. The van der Waals surface area contributed by atoms with Gasteiger partial charge in [-0.2, -0.15) is 0 Å². The Balaban J connectivity index is 2.66. The minimum Gasteiger partial charge on any atom is -0.299 e. The van der Waals surface area contributed by atoms with Crippen molar-refractivity contribution in [1.29, 1.82) is 0 Å². The number of Topliss-reactive ketones (excluding diaryl/α,β-unsaturated/α-hetero) is 1. The molecule has 54 valence electrons. The molecular formula is C9H12O. The van der Waals surface area contributed by atoms with E-state index in [-0.39, 0.29) is 5.92 Å². The third kappa shape index (κ3) is 1.37. The lowest BCUT2D eigenvalue weighted by molar-refractivity contribution is -0.122. The Hall–Kier alpha value is -0.810. The van der Waals surface area contributed by atoms with Crippen LogP contribution in [0.5, 0.6) is 0 Å². The number of ketones is 1. The Kier molecular flexibility index (Phi) is 2.08. The van der Waals surface area contributed by atoms with Crippen LogP contribution in [0.1, 0.15) is 26.2 Å². The summed E-state index contributed by atoms with van der Waals surface area (Å²) >= 11 is 0. The van der Waals surface area contributed by atoms with Crippen LogP contribution < -0.4 is 0 Å². The second kappa shape index (κ2) is 2.85. The number of rotatable bonds is 0. The van der Waals surface area contributed by atoms with Gasteiger partial charge in [0.05, 0.1) is 0 Å². The van der Waals surface area contributed by atoms with Gasteiger partial charge < -0.3 is 0 Å². The average Bonchev–Trinajstić information content (AvgIpc) is 1.95. The summed E-state index contributed by atoms with van der Waals surface area (Å²) in [6.45, 7) is 5.52. The molecule has 0 radical (unpaired) electrons. The largest absolute Gasteiger partial charge is 0.299 e. The van der Waals surface area contributed by atoms with Crippen molar-refractivity contribution in [3.05, 3.63) is 17.9 Å². The summed E-state index contributed by atoms with van der Waals surface area (Å²) in [5, 5.41) is 0. The molecule has 1 unspecified atom stereocenters. The van der Waals surface area contributed by atoms with E-state index < -0.39 is 0 Å². The number of carbonyl (C=O) groups excluding carboxylic acids is 1. The molecule has 1 rings (SSSR count). The topological polar surface area (TPSA) is 17.1 Å². The van der Waals surface area contributed by atoms with E-state index in [1.54, 1.807) is 0 Å². The van der Waals surface area contributed by atoms with Gasteiger partial charge in [-0.15, -0.1) is 5.73 Å². The van der Waals surface area contributed by atoms with Crippen LogP contribution in [0.25, 0.3) is 0 Å². The van der Waals surface area contributed by atoms with Crippen LogP contribution in [0.3, 0.4) is 0 Å². The van der Waals surface area contributed by atoms with Crippen molar-refractivity contribution in [2.24, 2.45) is 5.92 Å². The van der Waals surface area contributed by atoms with Crippen LogP contribution in [0.15, 0.2) is 17.9 Å². The molecule has 10 heavy (non-hydrogen) atoms. The molecule has 0 amide bonds. The highest BCUT2D eigenvalue weighted by molar-refractivity contribution is 5.83. The molecule has 0 aliphatic heterocycles. The molecule has 1 saturated carbocycles. The van der Waals surface area contributed by atoms with Crippen molar-refractivity contribution >= 4 is 5.78 Å². The van der Waals surface area contributed by atoms with Crippen LogP contribution in [0, 0.1) is 5.92 Å². The van der Waals surface area contributed by atoms with E-state index >= 15 is 0 Å². The molecule has 1 heteroatoms. The standard InChI is InChI=1S/C9H12O/c1-3-8-5-4-7(2)9(10)6-8/h7H,1,4-6H2,2H3. The average molecular weight is 136 g/mol. The highest BCUT2D eigenvalue weighted by Crippen LogP contribution is 2.23. The third-order valence-corrected chi connectivity index (χ3v) is 2.07. The Labute approximate surface area is 61.4 Å². The number of allylic oxidation sites excluding steroid dienone is 1. The molecule has 0 N–H and O–H groups in total. The van der Waals surface area contributed by atoms with E-state index in [2.05, 4.69) is 12.3 Å². The molecule has 0 saturated heterocycles. The summed E-state index contributed by atoms with van der Waals surface area (Å²) in [5.74, 6) is 0.606. The molecule has 0 aromatic heterocycles. The van der Waals surface area contributed by atoms with Gasteiger partial charge in [0, 0.05) is 12.3 Å². The molecule has 0 heterocycles. The normalized spacial score (nSPS) is 26.3. The van der Waals surface area contributed by atoms with Gasteiger partial charge in [-0.05, 0) is 18.4 Å². The first kappa shape index (κ1) is 7.30. The Morgan fingerprint density at radius 1 is 1.70 bits per heavy atom. The molecule has 1 fully saturated rings. The predicted octanol–water partition coefficient (Wildman–Crippen LogP) is 2.09. The molecular weight excluding hydrogens is 124 g/mol. The summed E-state index contributed by atoms with van der Waals surface area (Å²) in [7, 11) is 0. The summed E-state index contributed by atoms with van der Waals surface area (Å²) in [5.41, 5.74) is 3.89. The van der Waals surface area contributed by atoms with Crippen LogP contribution in [0.4, 0.5) is 0 Å². The van der Waals surface area contributed by atoms with E-state index in [4.69, 9.17) is 0 Å². The fraction of sp³-hybridized carbons (Fsp3) is 0.556. The molecule has 0 spiro atoms. The third-order valence-electron chi connectivity index (χ3n) is 2.07. The second-order valence-electron chi connectivity index (χ2n) is 2.86. The summed E-state index contributed by atoms with van der Waals surface area (Å²) < 4.78 is 0. The van der Waals surface area contributed by atoms with E-state index in [0.29, 0.717) is 12.2 Å². The Morgan fingerprint density at radius 3 is 2.90 bits per heavy atom. The minimum atomic E-state index is 0.261. The lowest BCUT2D eigenvalue weighted by Gasteiger charge is -2.16. The van der Waals surface area contributed by atoms with E-state index in [9.17, 15) is 4.79 Å². The second-order valence-corrected chi connectivity index (χ2v) is 2.86. The first-order chi connectivity index (χ1) is 4.74. The van der Waals surface area contributed by atoms with E-state index in [1.807, 2.05) is 6.92 Å². The Morgan fingerprint density at radius 2 is 2.40 bits per heavy atom. The highest BCUT2D eigenvalue weighted by Gasteiger charge is 2.19. The van der Waals surface area contributed by atoms with Crippen molar-refractivity contribution < 1.29 is 4.79 Å². The first-order valence-electron chi connectivity index (χ1n) is 3.64. The van der Waals surface area contributed by atoms with Gasteiger partial charge in [0.15, 0.2) is 0 Å². The summed E-state index contributed by atoms with van der Waals surface area (Å²) in [6.07, 6.45) is 2.58. The zero-order chi connectivity index (χ0) is 7.56. The summed E-state index contributed by atoms with van der Waals surface area (Å²) in [4.78, 5) is 11.1. The molecule has 1 atom stereocenters. The van der Waals surface area contributed by atoms with Crippen LogP contribution >= 0.6 is 0 Å². The first-order valence-corrected chi connectivity index (χ1v) is 3.64. The van der Waals surface area contributed by atoms with Crippen LogP contribution in [-0.4, -0.2) is 5.78 Å². The van der Waals surface area contributed by atoms with Gasteiger partial charge in [-0.1, -0.05) is 13.5 Å². The molecule has 1 aliphatic rings. The highest BCUT2D eigenvalue weighted by atomic mass is 16.1. The fourth-order valence-corrected chi connectivity index (χ4v) is 1.18. The quantitative estimate of drug-likeness (QED) is 0.466. The number of hydrogen-bond acceptors (Lipinski definition) is 1. The van der Waals surface area contributed by atoms with Gasteiger partial charge in [-0.25, -0.2) is 0 Å². The minimum absolute atomic E-state index is 0.261. The van der Waals surface area contributed by atoms with Gasteiger partial charge in [0.25, 0.3) is 0 Å². The predicted molar refractivity (Wildman–Crippen MR) is 40.7 cm³/mol. The van der Waals surface area contributed by atoms with Crippen molar-refractivity contribution in [2.75, 3.05) is 0 Å². The molecule has 0 aromatic rings.